The Bertz CT molecular complexity index is 502. The Morgan fingerprint density at radius 1 is 1.47 bits per heavy atom. The summed E-state index contributed by atoms with van der Waals surface area (Å²) in [5.41, 5.74) is 0.816. The van der Waals surface area contributed by atoms with Gasteiger partial charge in [-0.1, -0.05) is 13.0 Å². The Kier molecular flexibility index (Phi) is 3.65. The number of anilines is 1. The van der Waals surface area contributed by atoms with Crippen molar-refractivity contribution in [2.75, 3.05) is 11.1 Å². The normalized spacial score (nSPS) is 24.8. The summed E-state index contributed by atoms with van der Waals surface area (Å²) in [5.74, 6) is 1.15. The lowest BCUT2D eigenvalue weighted by Crippen LogP contribution is -2.24. The van der Waals surface area contributed by atoms with Gasteiger partial charge in [0.05, 0.1) is 4.90 Å². The van der Waals surface area contributed by atoms with Crippen LogP contribution in [0.2, 0.25) is 0 Å². The summed E-state index contributed by atoms with van der Waals surface area (Å²) >= 11 is 1.93. The van der Waals surface area contributed by atoms with Crippen LogP contribution in [0.5, 0.6) is 0 Å². The van der Waals surface area contributed by atoms with Gasteiger partial charge < -0.3 is 5.32 Å². The Labute approximate surface area is 106 Å². The molecule has 1 fully saturated rings. The molecule has 2 rings (SSSR count). The summed E-state index contributed by atoms with van der Waals surface area (Å²) < 4.78 is 22.5. The van der Waals surface area contributed by atoms with Crippen LogP contribution in [0.15, 0.2) is 29.2 Å². The van der Waals surface area contributed by atoms with E-state index in [0.717, 1.165) is 17.9 Å². The Balaban J connectivity index is 2.17. The highest BCUT2D eigenvalue weighted by Gasteiger charge is 2.23. The summed E-state index contributed by atoms with van der Waals surface area (Å²) in [5, 5.41) is 9.01. The Morgan fingerprint density at radius 3 is 2.82 bits per heavy atom. The molecule has 1 aliphatic rings. The SMILES string of the molecule is CC1SCCC1Nc1cccc(S(N)(=O)=O)c1. The van der Waals surface area contributed by atoms with Crippen LogP contribution in [0.4, 0.5) is 5.69 Å². The lowest BCUT2D eigenvalue weighted by Gasteiger charge is -2.18. The van der Waals surface area contributed by atoms with E-state index in [9.17, 15) is 8.42 Å². The van der Waals surface area contributed by atoms with Crippen molar-refractivity contribution in [3.63, 3.8) is 0 Å². The second-order valence-corrected chi connectivity index (χ2v) is 7.23. The van der Waals surface area contributed by atoms with Crippen molar-refractivity contribution in [2.45, 2.75) is 29.5 Å². The fraction of sp³-hybridized carbons (Fsp3) is 0.455. The van der Waals surface area contributed by atoms with Gasteiger partial charge in [0, 0.05) is 17.0 Å². The van der Waals surface area contributed by atoms with Crippen molar-refractivity contribution in [3.05, 3.63) is 24.3 Å². The third-order valence-corrected chi connectivity index (χ3v) is 5.13. The molecular weight excluding hydrogens is 256 g/mol. The number of thioether (sulfide) groups is 1. The molecule has 0 saturated carbocycles. The highest BCUT2D eigenvalue weighted by atomic mass is 32.2. The molecule has 0 radical (unpaired) electrons. The molecule has 1 aliphatic heterocycles. The van der Waals surface area contributed by atoms with E-state index in [0.29, 0.717) is 11.3 Å². The first-order valence-corrected chi connectivity index (χ1v) is 8.07. The zero-order chi connectivity index (χ0) is 12.5. The van der Waals surface area contributed by atoms with Gasteiger partial charge in [-0.2, -0.15) is 11.8 Å². The van der Waals surface area contributed by atoms with Crippen molar-refractivity contribution in [1.82, 2.24) is 0 Å². The molecular formula is C11H16N2O2S2. The summed E-state index contributed by atoms with van der Waals surface area (Å²) in [6.45, 7) is 2.18. The van der Waals surface area contributed by atoms with Gasteiger partial charge >= 0.3 is 0 Å². The molecule has 4 nitrogen and oxygen atoms in total. The summed E-state index contributed by atoms with van der Waals surface area (Å²) in [7, 11) is -3.62. The predicted molar refractivity (Wildman–Crippen MR) is 71.8 cm³/mol. The van der Waals surface area contributed by atoms with Gasteiger partial charge in [-0.25, -0.2) is 13.6 Å². The van der Waals surface area contributed by atoms with Gasteiger partial charge in [0.25, 0.3) is 0 Å². The first-order chi connectivity index (χ1) is 7.97. The van der Waals surface area contributed by atoms with Gasteiger partial charge in [-0.15, -0.1) is 0 Å². The smallest absolute Gasteiger partial charge is 0.238 e. The summed E-state index contributed by atoms with van der Waals surface area (Å²) in [6, 6.07) is 7.06. The summed E-state index contributed by atoms with van der Waals surface area (Å²) in [6.07, 6.45) is 1.10. The molecule has 2 atom stereocenters. The first kappa shape index (κ1) is 12.7. The molecule has 1 aromatic carbocycles. The lowest BCUT2D eigenvalue weighted by atomic mass is 10.1. The van der Waals surface area contributed by atoms with Crippen molar-refractivity contribution in [2.24, 2.45) is 5.14 Å². The molecule has 0 aliphatic carbocycles. The molecule has 1 saturated heterocycles. The number of hydrogen-bond donors (Lipinski definition) is 2. The fourth-order valence-electron chi connectivity index (χ4n) is 1.90. The van der Waals surface area contributed by atoms with Crippen LogP contribution < -0.4 is 10.5 Å². The molecule has 17 heavy (non-hydrogen) atoms. The molecule has 94 valence electrons. The number of hydrogen-bond acceptors (Lipinski definition) is 4. The maximum absolute atomic E-state index is 11.2. The number of benzene rings is 1. The number of sulfonamides is 1. The van der Waals surface area contributed by atoms with E-state index < -0.39 is 10.0 Å². The third-order valence-electron chi connectivity index (χ3n) is 2.89. The quantitative estimate of drug-likeness (QED) is 0.877. The highest BCUT2D eigenvalue weighted by molar-refractivity contribution is 8.00. The number of nitrogens with two attached hydrogens (primary N) is 1. The minimum Gasteiger partial charge on any atom is -0.381 e. The van der Waals surface area contributed by atoms with E-state index in [1.165, 1.54) is 6.07 Å². The Morgan fingerprint density at radius 2 is 2.24 bits per heavy atom. The molecule has 0 spiro atoms. The van der Waals surface area contributed by atoms with Crippen molar-refractivity contribution >= 4 is 27.5 Å². The third kappa shape index (κ3) is 3.14. The molecule has 2 unspecified atom stereocenters. The van der Waals surface area contributed by atoms with Crippen LogP contribution in [0.25, 0.3) is 0 Å². The second kappa shape index (κ2) is 4.88. The van der Waals surface area contributed by atoms with E-state index in [1.807, 2.05) is 17.8 Å². The van der Waals surface area contributed by atoms with Crippen molar-refractivity contribution in [1.29, 1.82) is 0 Å². The van der Waals surface area contributed by atoms with Gasteiger partial charge in [-0.3, -0.25) is 0 Å². The van der Waals surface area contributed by atoms with Gasteiger partial charge in [0.15, 0.2) is 0 Å². The molecule has 0 amide bonds. The van der Waals surface area contributed by atoms with E-state index in [4.69, 9.17) is 5.14 Å². The van der Waals surface area contributed by atoms with Crippen LogP contribution in [0.3, 0.4) is 0 Å². The second-order valence-electron chi connectivity index (χ2n) is 4.19. The predicted octanol–water partition coefficient (Wildman–Crippen LogP) is 1.64. The van der Waals surface area contributed by atoms with Crippen LogP contribution >= 0.6 is 11.8 Å². The average Bonchev–Trinajstić information content (AvgIpc) is 2.64. The average molecular weight is 272 g/mol. The molecule has 0 bridgehead atoms. The monoisotopic (exact) mass is 272 g/mol. The van der Waals surface area contributed by atoms with Crippen LogP contribution in [-0.4, -0.2) is 25.5 Å². The highest BCUT2D eigenvalue weighted by Crippen LogP contribution is 2.29. The number of nitrogens with one attached hydrogen (secondary N) is 1. The van der Waals surface area contributed by atoms with Crippen molar-refractivity contribution in [3.8, 4) is 0 Å². The van der Waals surface area contributed by atoms with Gasteiger partial charge in [-0.05, 0) is 30.4 Å². The van der Waals surface area contributed by atoms with Crippen LogP contribution in [0.1, 0.15) is 13.3 Å². The van der Waals surface area contributed by atoms with E-state index >= 15 is 0 Å². The standard InChI is InChI=1S/C11H16N2O2S2/c1-8-11(5-6-16-8)13-9-3-2-4-10(7-9)17(12,14)15/h2-4,7-8,11,13H,5-6H2,1H3,(H2,12,14,15). The lowest BCUT2D eigenvalue weighted by molar-refractivity contribution is 0.598. The maximum atomic E-state index is 11.2. The molecule has 3 N–H and O–H groups in total. The van der Waals surface area contributed by atoms with Crippen molar-refractivity contribution < 1.29 is 8.42 Å². The van der Waals surface area contributed by atoms with E-state index in [1.54, 1.807) is 12.1 Å². The zero-order valence-electron chi connectivity index (χ0n) is 9.59. The van der Waals surface area contributed by atoms with Gasteiger partial charge in [0.1, 0.15) is 0 Å². The number of rotatable bonds is 3. The van der Waals surface area contributed by atoms with Crippen LogP contribution in [0, 0.1) is 0 Å². The minimum absolute atomic E-state index is 0.154. The zero-order valence-corrected chi connectivity index (χ0v) is 11.2. The van der Waals surface area contributed by atoms with E-state index in [-0.39, 0.29) is 4.90 Å². The van der Waals surface area contributed by atoms with Crippen LogP contribution in [-0.2, 0) is 10.0 Å². The fourth-order valence-corrected chi connectivity index (χ4v) is 3.66. The molecule has 1 aromatic rings. The van der Waals surface area contributed by atoms with E-state index in [2.05, 4.69) is 12.2 Å². The number of primary sulfonamides is 1. The minimum atomic E-state index is -3.62. The summed E-state index contributed by atoms with van der Waals surface area (Å²) in [4.78, 5) is 0.154. The largest absolute Gasteiger partial charge is 0.381 e. The molecule has 1 heterocycles. The maximum Gasteiger partial charge on any atom is 0.238 e. The molecule has 0 aromatic heterocycles. The Hall–Kier alpha value is -0.720. The molecule has 6 heteroatoms. The topological polar surface area (TPSA) is 72.2 Å². The first-order valence-electron chi connectivity index (χ1n) is 5.48. The van der Waals surface area contributed by atoms with Gasteiger partial charge in [0.2, 0.25) is 10.0 Å².